The van der Waals surface area contributed by atoms with E-state index < -0.39 is 0 Å². The highest BCUT2D eigenvalue weighted by Crippen LogP contribution is 2.56. The van der Waals surface area contributed by atoms with Gasteiger partial charge in [0.2, 0.25) is 0 Å². The van der Waals surface area contributed by atoms with Crippen LogP contribution in [0.3, 0.4) is 0 Å². The Morgan fingerprint density at radius 1 is 0.267 bits per heavy atom. The van der Waals surface area contributed by atoms with Crippen molar-refractivity contribution in [1.82, 2.24) is 15.0 Å². The molecule has 1 heterocycles. The van der Waals surface area contributed by atoms with Crippen LogP contribution in [-0.4, -0.2) is 15.0 Å². The number of fused-ring (bicyclic) bond motifs is 5. The van der Waals surface area contributed by atoms with Gasteiger partial charge in [0.15, 0.2) is 17.5 Å². The van der Waals surface area contributed by atoms with E-state index in [1.54, 1.807) is 5.56 Å². The Kier molecular flexibility index (Phi) is 9.08. The lowest BCUT2D eigenvalue weighted by Crippen LogP contribution is -2.28. The molecular weight excluding hydrogens is 727 g/mol. The van der Waals surface area contributed by atoms with E-state index in [2.05, 4.69) is 164 Å². The van der Waals surface area contributed by atoms with Gasteiger partial charge in [-0.1, -0.05) is 201 Å². The van der Waals surface area contributed by atoms with Crippen LogP contribution >= 0.6 is 0 Å². The van der Waals surface area contributed by atoms with E-state index in [4.69, 9.17) is 15.0 Å². The van der Waals surface area contributed by atoms with Gasteiger partial charge in [0.1, 0.15) is 0 Å². The van der Waals surface area contributed by atoms with Crippen LogP contribution in [0, 0.1) is 0 Å². The molecule has 8 aromatic carbocycles. The normalized spacial score (nSPS) is 13.8. The zero-order valence-corrected chi connectivity index (χ0v) is 33.4. The van der Waals surface area contributed by atoms with E-state index in [1.807, 2.05) is 36.4 Å². The summed E-state index contributed by atoms with van der Waals surface area (Å²) in [5, 5.41) is 0. The number of nitrogens with zero attached hydrogens (tertiary/aromatic N) is 3. The first-order valence-corrected chi connectivity index (χ1v) is 21.2. The van der Waals surface area contributed by atoms with Gasteiger partial charge in [-0.25, -0.2) is 15.0 Å². The van der Waals surface area contributed by atoms with Crippen molar-refractivity contribution >= 4 is 0 Å². The topological polar surface area (TPSA) is 38.7 Å². The average molecular weight is 770 g/mol. The summed E-state index contributed by atoms with van der Waals surface area (Å²) in [6, 6.07) is 71.9. The van der Waals surface area contributed by atoms with Gasteiger partial charge in [-0.05, 0) is 97.8 Å². The third-order valence-corrected chi connectivity index (χ3v) is 12.8. The van der Waals surface area contributed by atoms with Gasteiger partial charge in [-0.2, -0.15) is 0 Å². The number of hydrogen-bond acceptors (Lipinski definition) is 3. The lowest BCUT2D eigenvalue weighted by atomic mass is 9.67. The quantitative estimate of drug-likeness (QED) is 0.162. The minimum atomic E-state index is 0.153. The summed E-state index contributed by atoms with van der Waals surface area (Å²) >= 11 is 0. The van der Waals surface area contributed by atoms with Crippen LogP contribution in [0.15, 0.2) is 200 Å². The van der Waals surface area contributed by atoms with Gasteiger partial charge < -0.3 is 0 Å². The molecule has 0 bridgehead atoms. The Bertz CT molecular complexity index is 2980. The van der Waals surface area contributed by atoms with Crippen molar-refractivity contribution in [3.05, 3.63) is 211 Å². The first-order chi connectivity index (χ1) is 29.7. The Morgan fingerprint density at radius 3 is 1.28 bits per heavy atom. The molecule has 286 valence electrons. The maximum absolute atomic E-state index is 5.04. The molecule has 1 spiro atoms. The lowest BCUT2D eigenvalue weighted by Gasteiger charge is -2.36. The molecule has 0 radical (unpaired) electrons. The van der Waals surface area contributed by atoms with Crippen molar-refractivity contribution in [2.75, 3.05) is 0 Å². The van der Waals surface area contributed by atoms with E-state index in [0.717, 1.165) is 38.9 Å². The molecule has 1 aromatic heterocycles. The van der Waals surface area contributed by atoms with E-state index in [1.165, 1.54) is 71.0 Å². The Labute approximate surface area is 352 Å². The summed E-state index contributed by atoms with van der Waals surface area (Å²) in [7, 11) is 0. The second-order valence-electron chi connectivity index (χ2n) is 16.3. The van der Waals surface area contributed by atoms with Gasteiger partial charge in [-0.15, -0.1) is 0 Å². The molecule has 2 aliphatic carbocycles. The third kappa shape index (κ3) is 6.53. The standard InChI is InChI=1S/C57H43N3/c1-4-14-39(15-5-1)46-19-13-21-49(37-46)56-59-54(43-16-6-2-7-17-43)58-55(60-56)44-30-28-41(29-31-44)40-24-26-42(27-25-40)45-18-12-20-47(36-45)48-32-33-51-50-22-8-9-23-52(50)57(53(51)38-48)34-10-3-11-35-57/h1-2,4-9,12-33,36-38H,3,10-11,34-35H2. The fraction of sp³-hybridized carbons (Fsp3) is 0.105. The maximum atomic E-state index is 5.04. The minimum Gasteiger partial charge on any atom is -0.208 e. The molecule has 0 atom stereocenters. The van der Waals surface area contributed by atoms with Crippen LogP contribution in [0.5, 0.6) is 0 Å². The molecule has 0 N–H and O–H groups in total. The summed E-state index contributed by atoms with van der Waals surface area (Å²) in [6.07, 6.45) is 6.43. The van der Waals surface area contributed by atoms with Crippen molar-refractivity contribution in [3.63, 3.8) is 0 Å². The largest absolute Gasteiger partial charge is 0.208 e. The van der Waals surface area contributed by atoms with E-state index >= 15 is 0 Å². The predicted octanol–water partition coefficient (Wildman–Crippen LogP) is 14.8. The highest BCUT2D eigenvalue weighted by Gasteiger charge is 2.43. The average Bonchev–Trinajstić information content (AvgIpc) is 3.60. The Balaban J connectivity index is 0.871. The molecule has 0 saturated heterocycles. The molecule has 2 aliphatic rings. The van der Waals surface area contributed by atoms with Crippen molar-refractivity contribution in [2.45, 2.75) is 37.5 Å². The van der Waals surface area contributed by atoms with E-state index in [-0.39, 0.29) is 5.41 Å². The molecule has 1 saturated carbocycles. The second-order valence-corrected chi connectivity index (χ2v) is 16.3. The van der Waals surface area contributed by atoms with Crippen molar-refractivity contribution in [2.24, 2.45) is 0 Å². The summed E-state index contributed by atoms with van der Waals surface area (Å²) in [5.41, 5.74) is 18.5. The Morgan fingerprint density at radius 2 is 0.650 bits per heavy atom. The lowest BCUT2D eigenvalue weighted by molar-refractivity contribution is 0.353. The maximum Gasteiger partial charge on any atom is 0.164 e. The number of rotatable bonds is 7. The number of hydrogen-bond donors (Lipinski definition) is 0. The highest BCUT2D eigenvalue weighted by molar-refractivity contribution is 5.85. The predicted molar refractivity (Wildman–Crippen MR) is 247 cm³/mol. The monoisotopic (exact) mass is 769 g/mol. The third-order valence-electron chi connectivity index (χ3n) is 12.8. The number of benzene rings is 8. The summed E-state index contributed by atoms with van der Waals surface area (Å²) < 4.78 is 0. The molecule has 11 rings (SSSR count). The van der Waals surface area contributed by atoms with Crippen LogP contribution in [-0.2, 0) is 5.41 Å². The van der Waals surface area contributed by atoms with Gasteiger partial charge in [0, 0.05) is 22.1 Å². The summed E-state index contributed by atoms with van der Waals surface area (Å²) in [5.74, 6) is 1.95. The minimum absolute atomic E-state index is 0.153. The zero-order valence-electron chi connectivity index (χ0n) is 33.4. The molecule has 3 nitrogen and oxygen atoms in total. The van der Waals surface area contributed by atoms with Crippen LogP contribution < -0.4 is 0 Å². The first-order valence-electron chi connectivity index (χ1n) is 21.2. The van der Waals surface area contributed by atoms with Crippen LogP contribution in [0.25, 0.3) is 89.8 Å². The fourth-order valence-corrected chi connectivity index (χ4v) is 9.69. The molecule has 0 aliphatic heterocycles. The van der Waals surface area contributed by atoms with Crippen LogP contribution in [0.1, 0.15) is 43.2 Å². The summed E-state index contributed by atoms with van der Waals surface area (Å²) in [6.45, 7) is 0. The molecule has 0 unspecified atom stereocenters. The van der Waals surface area contributed by atoms with Crippen LogP contribution in [0.2, 0.25) is 0 Å². The van der Waals surface area contributed by atoms with Gasteiger partial charge in [-0.3, -0.25) is 0 Å². The fourth-order valence-electron chi connectivity index (χ4n) is 9.69. The summed E-state index contributed by atoms with van der Waals surface area (Å²) in [4.78, 5) is 15.0. The smallest absolute Gasteiger partial charge is 0.164 e. The molecule has 1 fully saturated rings. The van der Waals surface area contributed by atoms with Crippen LogP contribution in [0.4, 0.5) is 0 Å². The Hall–Kier alpha value is -7.23. The molecule has 3 heteroatoms. The first kappa shape index (κ1) is 35.9. The SMILES string of the molecule is c1ccc(-c2cccc(-c3nc(-c4ccccc4)nc(-c4ccc(-c5ccc(-c6cccc(-c7ccc8c(c7)C7(CCCCC7)c7ccccc7-8)c6)cc5)cc4)n3)c2)cc1. The highest BCUT2D eigenvalue weighted by atomic mass is 15.0. The number of aromatic nitrogens is 3. The molecular formula is C57H43N3. The second kappa shape index (κ2) is 15.2. The molecule has 9 aromatic rings. The zero-order chi connectivity index (χ0) is 39.9. The van der Waals surface area contributed by atoms with E-state index in [0.29, 0.717) is 17.5 Å². The van der Waals surface area contributed by atoms with Gasteiger partial charge in [0.25, 0.3) is 0 Å². The van der Waals surface area contributed by atoms with E-state index in [9.17, 15) is 0 Å². The molecule has 60 heavy (non-hydrogen) atoms. The van der Waals surface area contributed by atoms with Gasteiger partial charge >= 0.3 is 0 Å². The molecule has 0 amide bonds. The van der Waals surface area contributed by atoms with Crippen molar-refractivity contribution < 1.29 is 0 Å². The van der Waals surface area contributed by atoms with Crippen molar-refractivity contribution in [3.8, 4) is 89.8 Å². The van der Waals surface area contributed by atoms with Gasteiger partial charge in [0.05, 0.1) is 0 Å². The van der Waals surface area contributed by atoms with Crippen molar-refractivity contribution in [1.29, 1.82) is 0 Å².